The van der Waals surface area contributed by atoms with E-state index in [0.29, 0.717) is 13.1 Å². The van der Waals surface area contributed by atoms with E-state index < -0.39 is 5.82 Å². The van der Waals surface area contributed by atoms with Crippen molar-refractivity contribution in [1.29, 1.82) is 0 Å². The SMILES string of the molecule is CN(Cc1cccc(F)c1)C(CN)c1ccc(F)c(Cl)c1. The molecule has 0 radical (unpaired) electrons. The number of nitrogens with zero attached hydrogens (tertiary/aromatic N) is 1. The maximum atomic E-state index is 13.2. The summed E-state index contributed by atoms with van der Waals surface area (Å²) in [7, 11) is 1.89. The summed E-state index contributed by atoms with van der Waals surface area (Å²) in [4.78, 5) is 1.98. The average Bonchev–Trinajstić information content (AvgIpc) is 2.43. The van der Waals surface area contributed by atoms with Crippen LogP contribution in [0.4, 0.5) is 8.78 Å². The van der Waals surface area contributed by atoms with Crippen molar-refractivity contribution in [3.05, 3.63) is 70.2 Å². The minimum atomic E-state index is -0.455. The minimum absolute atomic E-state index is 0.0742. The highest BCUT2D eigenvalue weighted by atomic mass is 35.5. The lowest BCUT2D eigenvalue weighted by Gasteiger charge is -2.27. The Morgan fingerprint density at radius 2 is 1.95 bits per heavy atom. The summed E-state index contributed by atoms with van der Waals surface area (Å²) < 4.78 is 26.5. The second-order valence-corrected chi connectivity index (χ2v) is 5.38. The van der Waals surface area contributed by atoms with Crippen molar-refractivity contribution in [3.63, 3.8) is 0 Å². The fourth-order valence-corrected chi connectivity index (χ4v) is 2.51. The van der Waals surface area contributed by atoms with Gasteiger partial charge in [0.15, 0.2) is 0 Å². The summed E-state index contributed by atoms with van der Waals surface area (Å²) in [6.45, 7) is 0.891. The number of benzene rings is 2. The van der Waals surface area contributed by atoms with Gasteiger partial charge in [-0.25, -0.2) is 8.78 Å². The second kappa shape index (κ2) is 6.98. The zero-order chi connectivity index (χ0) is 15.4. The molecular formula is C16H17ClF2N2. The van der Waals surface area contributed by atoms with Gasteiger partial charge in [0, 0.05) is 19.1 Å². The van der Waals surface area contributed by atoms with Gasteiger partial charge in [-0.1, -0.05) is 29.8 Å². The van der Waals surface area contributed by atoms with Crippen LogP contribution in [0.1, 0.15) is 17.2 Å². The number of nitrogens with two attached hydrogens (primary N) is 1. The molecule has 2 aromatic rings. The standard InChI is InChI=1S/C16H17ClF2N2/c1-21(10-11-3-2-4-13(18)7-11)16(9-20)12-5-6-15(19)14(17)8-12/h2-8,16H,9-10,20H2,1H3. The van der Waals surface area contributed by atoms with Gasteiger partial charge in [0.1, 0.15) is 11.6 Å². The van der Waals surface area contributed by atoms with Crippen LogP contribution in [0.3, 0.4) is 0 Å². The predicted octanol–water partition coefficient (Wildman–Crippen LogP) is 3.75. The fraction of sp³-hybridized carbons (Fsp3) is 0.250. The van der Waals surface area contributed by atoms with Crippen LogP contribution in [0.5, 0.6) is 0 Å². The topological polar surface area (TPSA) is 29.3 Å². The van der Waals surface area contributed by atoms with Crippen LogP contribution < -0.4 is 5.73 Å². The largest absolute Gasteiger partial charge is 0.329 e. The molecule has 2 aromatic carbocycles. The smallest absolute Gasteiger partial charge is 0.141 e. The molecule has 0 heterocycles. The predicted molar refractivity (Wildman–Crippen MR) is 81.1 cm³/mol. The molecule has 0 saturated carbocycles. The first kappa shape index (κ1) is 15.9. The zero-order valence-corrected chi connectivity index (χ0v) is 12.4. The third-order valence-corrected chi connectivity index (χ3v) is 3.69. The van der Waals surface area contributed by atoms with E-state index in [-0.39, 0.29) is 16.9 Å². The number of likely N-dealkylation sites (N-methyl/N-ethyl adjacent to an activating group) is 1. The van der Waals surface area contributed by atoms with E-state index in [4.69, 9.17) is 17.3 Å². The van der Waals surface area contributed by atoms with E-state index in [2.05, 4.69) is 0 Å². The van der Waals surface area contributed by atoms with E-state index in [1.807, 2.05) is 18.0 Å². The Bertz CT molecular complexity index is 619. The van der Waals surface area contributed by atoms with Crippen LogP contribution in [0, 0.1) is 11.6 Å². The van der Waals surface area contributed by atoms with Crippen molar-refractivity contribution >= 4 is 11.6 Å². The molecule has 2 N–H and O–H groups in total. The molecule has 0 bridgehead atoms. The van der Waals surface area contributed by atoms with Crippen molar-refractivity contribution in [3.8, 4) is 0 Å². The average molecular weight is 311 g/mol. The maximum Gasteiger partial charge on any atom is 0.141 e. The summed E-state index contributed by atoms with van der Waals surface area (Å²) in [5.74, 6) is -0.723. The number of halogens is 3. The molecule has 0 saturated heterocycles. The van der Waals surface area contributed by atoms with Gasteiger partial charge in [-0.2, -0.15) is 0 Å². The molecule has 0 aliphatic carbocycles. The lowest BCUT2D eigenvalue weighted by Crippen LogP contribution is -2.30. The number of hydrogen-bond acceptors (Lipinski definition) is 2. The Balaban J connectivity index is 2.18. The number of rotatable bonds is 5. The molecule has 1 atom stereocenters. The van der Waals surface area contributed by atoms with Crippen LogP contribution in [-0.4, -0.2) is 18.5 Å². The van der Waals surface area contributed by atoms with Gasteiger partial charge in [-0.3, -0.25) is 4.90 Å². The van der Waals surface area contributed by atoms with Gasteiger partial charge in [-0.15, -0.1) is 0 Å². The molecular weight excluding hydrogens is 294 g/mol. The highest BCUT2D eigenvalue weighted by Gasteiger charge is 2.17. The zero-order valence-electron chi connectivity index (χ0n) is 11.7. The summed E-state index contributed by atoms with van der Waals surface area (Å²) in [5.41, 5.74) is 7.51. The molecule has 112 valence electrons. The van der Waals surface area contributed by atoms with Gasteiger partial charge in [-0.05, 0) is 42.4 Å². The Labute approximate surface area is 128 Å². The molecule has 2 rings (SSSR count). The number of hydrogen-bond donors (Lipinski definition) is 1. The summed E-state index contributed by atoms with van der Waals surface area (Å²) >= 11 is 5.82. The van der Waals surface area contributed by atoms with E-state index in [1.54, 1.807) is 18.2 Å². The van der Waals surface area contributed by atoms with Crippen LogP contribution in [0.15, 0.2) is 42.5 Å². The third kappa shape index (κ3) is 4.00. The normalized spacial score (nSPS) is 12.7. The van der Waals surface area contributed by atoms with Gasteiger partial charge < -0.3 is 5.73 Å². The Morgan fingerprint density at radius 1 is 1.19 bits per heavy atom. The molecule has 0 fully saturated rings. The van der Waals surface area contributed by atoms with Crippen LogP contribution in [-0.2, 0) is 6.54 Å². The van der Waals surface area contributed by atoms with Crippen molar-refractivity contribution in [2.24, 2.45) is 5.73 Å². The first-order valence-electron chi connectivity index (χ1n) is 6.61. The van der Waals surface area contributed by atoms with E-state index in [1.165, 1.54) is 18.2 Å². The van der Waals surface area contributed by atoms with Crippen LogP contribution >= 0.6 is 11.6 Å². The summed E-state index contributed by atoms with van der Waals surface area (Å²) in [5, 5.41) is 0.0742. The Kier molecular flexibility index (Phi) is 5.28. The Morgan fingerprint density at radius 3 is 2.57 bits per heavy atom. The highest BCUT2D eigenvalue weighted by molar-refractivity contribution is 6.30. The van der Waals surface area contributed by atoms with Gasteiger partial charge in [0.2, 0.25) is 0 Å². The first-order valence-corrected chi connectivity index (χ1v) is 6.98. The fourth-order valence-electron chi connectivity index (χ4n) is 2.32. The van der Waals surface area contributed by atoms with E-state index >= 15 is 0 Å². The molecule has 21 heavy (non-hydrogen) atoms. The van der Waals surface area contributed by atoms with Crippen LogP contribution in [0.2, 0.25) is 5.02 Å². The quantitative estimate of drug-likeness (QED) is 0.911. The van der Waals surface area contributed by atoms with Crippen LogP contribution in [0.25, 0.3) is 0 Å². The second-order valence-electron chi connectivity index (χ2n) is 4.97. The molecule has 0 amide bonds. The van der Waals surface area contributed by atoms with Gasteiger partial charge in [0.05, 0.1) is 5.02 Å². The van der Waals surface area contributed by atoms with Crippen molar-refractivity contribution in [2.75, 3.05) is 13.6 Å². The van der Waals surface area contributed by atoms with Gasteiger partial charge in [0.25, 0.3) is 0 Å². The molecule has 0 aromatic heterocycles. The lowest BCUT2D eigenvalue weighted by atomic mass is 10.0. The van der Waals surface area contributed by atoms with Crippen molar-refractivity contribution < 1.29 is 8.78 Å². The summed E-state index contributed by atoms with van der Waals surface area (Å²) in [6.07, 6.45) is 0. The molecule has 0 spiro atoms. The minimum Gasteiger partial charge on any atom is -0.329 e. The van der Waals surface area contributed by atoms with E-state index in [9.17, 15) is 8.78 Å². The van der Waals surface area contributed by atoms with Gasteiger partial charge >= 0.3 is 0 Å². The van der Waals surface area contributed by atoms with Crippen molar-refractivity contribution in [1.82, 2.24) is 4.90 Å². The van der Waals surface area contributed by atoms with Crippen molar-refractivity contribution in [2.45, 2.75) is 12.6 Å². The molecule has 0 aliphatic rings. The molecule has 1 unspecified atom stereocenters. The maximum absolute atomic E-state index is 13.2. The van der Waals surface area contributed by atoms with E-state index in [0.717, 1.165) is 11.1 Å². The molecule has 0 aliphatic heterocycles. The highest BCUT2D eigenvalue weighted by Crippen LogP contribution is 2.25. The first-order chi connectivity index (χ1) is 10.0. The lowest BCUT2D eigenvalue weighted by molar-refractivity contribution is 0.241. The molecule has 5 heteroatoms. The Hall–Kier alpha value is -1.49. The third-order valence-electron chi connectivity index (χ3n) is 3.40. The monoisotopic (exact) mass is 310 g/mol. The summed E-state index contributed by atoms with van der Waals surface area (Å²) in [6, 6.07) is 10.9. The molecule has 2 nitrogen and oxygen atoms in total.